The van der Waals surface area contributed by atoms with Crippen LogP contribution in [0, 0.1) is 0 Å². The van der Waals surface area contributed by atoms with E-state index in [4.69, 9.17) is 9.05 Å². The normalized spacial score (nSPS) is 15.6. The van der Waals surface area contributed by atoms with Crippen molar-refractivity contribution in [1.82, 2.24) is 0 Å². The molecule has 0 saturated carbocycles. The van der Waals surface area contributed by atoms with Gasteiger partial charge in [-0.3, -0.25) is 4.57 Å². The minimum absolute atomic E-state index is 0.208. The zero-order chi connectivity index (χ0) is 24.1. The molecule has 4 aromatic rings. The lowest BCUT2D eigenvalue weighted by atomic mass is 9.99. The molecular formula is C29H27BrNO3P. The van der Waals surface area contributed by atoms with Crippen molar-refractivity contribution in [3.63, 3.8) is 0 Å². The first-order valence-corrected chi connectivity index (χ1v) is 14.1. The second-order valence-electron chi connectivity index (χ2n) is 8.55. The summed E-state index contributed by atoms with van der Waals surface area (Å²) in [5.41, 5.74) is 5.06. The van der Waals surface area contributed by atoms with Crippen LogP contribution in [-0.4, -0.2) is 6.54 Å². The Balaban J connectivity index is 1.55. The van der Waals surface area contributed by atoms with Gasteiger partial charge >= 0.3 is 7.60 Å². The van der Waals surface area contributed by atoms with Gasteiger partial charge in [0.1, 0.15) is 0 Å². The Hall–Kier alpha value is -2.69. The molecule has 0 radical (unpaired) electrons. The number of fused-ring (bicyclic) bond motifs is 1. The molecule has 0 unspecified atom stereocenters. The maximum Gasteiger partial charge on any atom is 0.358 e. The Morgan fingerprint density at radius 1 is 0.743 bits per heavy atom. The smallest absolute Gasteiger partial charge is 0.353 e. The first kappa shape index (κ1) is 24.0. The lowest BCUT2D eigenvalue weighted by molar-refractivity contribution is 0.182. The minimum Gasteiger partial charge on any atom is -0.353 e. The Morgan fingerprint density at radius 2 is 1.29 bits per heavy atom. The third-order valence-electron chi connectivity index (χ3n) is 6.22. The van der Waals surface area contributed by atoms with Crippen molar-refractivity contribution >= 4 is 29.2 Å². The molecule has 35 heavy (non-hydrogen) atoms. The summed E-state index contributed by atoms with van der Waals surface area (Å²) < 4.78 is 28.4. The van der Waals surface area contributed by atoms with Gasteiger partial charge in [-0.2, -0.15) is 0 Å². The molecule has 0 N–H and O–H groups in total. The summed E-state index contributed by atoms with van der Waals surface area (Å²) in [6.07, 6.45) is 0.861. The van der Waals surface area contributed by atoms with E-state index in [1.54, 1.807) is 0 Å². The molecule has 0 aliphatic carbocycles. The number of rotatable bonds is 8. The fraction of sp³-hybridized carbons (Fsp3) is 0.172. The lowest BCUT2D eigenvalue weighted by Crippen LogP contribution is -2.36. The summed E-state index contributed by atoms with van der Waals surface area (Å²) in [5, 5.41) is 0. The molecule has 5 rings (SSSR count). The fourth-order valence-corrected chi connectivity index (χ4v) is 6.91. The molecule has 0 saturated heterocycles. The Labute approximate surface area is 215 Å². The van der Waals surface area contributed by atoms with E-state index in [9.17, 15) is 4.57 Å². The Kier molecular flexibility index (Phi) is 7.50. The number of hydrogen-bond donors (Lipinski definition) is 0. The number of benzene rings is 4. The van der Waals surface area contributed by atoms with Crippen LogP contribution in [0.25, 0.3) is 0 Å². The topological polar surface area (TPSA) is 38.8 Å². The summed E-state index contributed by atoms with van der Waals surface area (Å²) >= 11 is 3.53. The Morgan fingerprint density at radius 3 is 1.89 bits per heavy atom. The van der Waals surface area contributed by atoms with Crippen molar-refractivity contribution in [1.29, 1.82) is 0 Å². The van der Waals surface area contributed by atoms with Crippen molar-refractivity contribution in [3.05, 3.63) is 136 Å². The molecule has 1 atom stereocenters. The van der Waals surface area contributed by atoms with Gasteiger partial charge in [0.15, 0.2) is 5.78 Å². The molecule has 0 spiro atoms. The first-order valence-electron chi connectivity index (χ1n) is 11.7. The number of halogens is 1. The van der Waals surface area contributed by atoms with E-state index < -0.39 is 13.4 Å². The van der Waals surface area contributed by atoms with Gasteiger partial charge in [0.2, 0.25) is 0 Å². The van der Waals surface area contributed by atoms with Gasteiger partial charge in [-0.1, -0.05) is 101 Å². The molecule has 0 amide bonds. The van der Waals surface area contributed by atoms with Crippen molar-refractivity contribution < 1.29 is 13.6 Å². The summed E-state index contributed by atoms with van der Waals surface area (Å²) in [6, 6.07) is 35.9. The van der Waals surface area contributed by atoms with Gasteiger partial charge in [0, 0.05) is 16.7 Å². The molecule has 4 aromatic carbocycles. The average Bonchev–Trinajstić information content (AvgIpc) is 2.92. The molecule has 6 heteroatoms. The van der Waals surface area contributed by atoms with Crippen molar-refractivity contribution in [2.24, 2.45) is 0 Å². The summed E-state index contributed by atoms with van der Waals surface area (Å²) in [6.45, 7) is 1.14. The SMILES string of the molecule is O=P(OCc1ccccc1)(OCc1ccccc1)[C@H]1c2ccccc2CCN1c1ccc(Br)cc1. The Bertz CT molecular complexity index is 1250. The van der Waals surface area contributed by atoms with Gasteiger partial charge in [0.05, 0.1) is 13.2 Å². The maximum absolute atomic E-state index is 14.8. The van der Waals surface area contributed by atoms with Gasteiger partial charge in [-0.25, -0.2) is 0 Å². The summed E-state index contributed by atoms with van der Waals surface area (Å²) in [7, 11) is -3.68. The van der Waals surface area contributed by atoms with Crippen LogP contribution in [-0.2, 0) is 33.2 Å². The molecule has 0 bridgehead atoms. The van der Waals surface area contributed by atoms with Crippen LogP contribution in [0.3, 0.4) is 0 Å². The van der Waals surface area contributed by atoms with E-state index in [1.807, 2.05) is 97.1 Å². The lowest BCUT2D eigenvalue weighted by Gasteiger charge is -2.41. The van der Waals surface area contributed by atoms with E-state index in [0.717, 1.165) is 39.8 Å². The quantitative estimate of drug-likeness (QED) is 0.209. The van der Waals surface area contributed by atoms with Crippen molar-refractivity contribution in [2.45, 2.75) is 25.4 Å². The number of hydrogen-bond acceptors (Lipinski definition) is 4. The molecule has 1 aliphatic rings. The fourth-order valence-electron chi connectivity index (χ4n) is 4.44. The highest BCUT2D eigenvalue weighted by Crippen LogP contribution is 2.65. The third kappa shape index (κ3) is 5.60. The van der Waals surface area contributed by atoms with E-state index in [1.165, 1.54) is 5.56 Å². The third-order valence-corrected chi connectivity index (χ3v) is 8.88. The standard InChI is InChI=1S/C29H27BrNO3P/c30-26-15-17-27(18-16-26)31-20-19-25-13-7-8-14-28(25)29(31)35(32,33-21-23-9-3-1-4-10-23)34-22-24-11-5-2-6-12-24/h1-18,29H,19-22H2/t29-/m0/s1. The van der Waals surface area contributed by atoms with E-state index in [2.05, 4.69) is 33.0 Å². The molecule has 1 aliphatic heterocycles. The van der Waals surface area contributed by atoms with Crippen molar-refractivity contribution in [2.75, 3.05) is 11.4 Å². The predicted molar refractivity (Wildman–Crippen MR) is 144 cm³/mol. The zero-order valence-corrected chi connectivity index (χ0v) is 21.8. The van der Waals surface area contributed by atoms with Gasteiger partial charge in [-0.15, -0.1) is 0 Å². The minimum atomic E-state index is -3.68. The van der Waals surface area contributed by atoms with E-state index >= 15 is 0 Å². The maximum atomic E-state index is 14.8. The molecule has 1 heterocycles. The van der Waals surface area contributed by atoms with Crippen LogP contribution < -0.4 is 4.90 Å². The average molecular weight is 548 g/mol. The van der Waals surface area contributed by atoms with Crippen molar-refractivity contribution in [3.8, 4) is 0 Å². The van der Waals surface area contributed by atoms with Crippen LogP contribution in [0.2, 0.25) is 0 Å². The second kappa shape index (κ2) is 10.9. The van der Waals surface area contributed by atoms with Crippen LogP contribution in [0.1, 0.15) is 28.0 Å². The van der Waals surface area contributed by atoms with Crippen LogP contribution in [0.15, 0.2) is 114 Å². The first-order chi connectivity index (χ1) is 17.1. The molecule has 4 nitrogen and oxygen atoms in total. The van der Waals surface area contributed by atoms with Crippen LogP contribution in [0.4, 0.5) is 5.69 Å². The molecular weight excluding hydrogens is 521 g/mol. The molecule has 0 fully saturated rings. The summed E-state index contributed by atoms with van der Waals surface area (Å²) in [5.74, 6) is -0.555. The monoisotopic (exact) mass is 547 g/mol. The predicted octanol–water partition coefficient (Wildman–Crippen LogP) is 8.14. The van der Waals surface area contributed by atoms with Gasteiger partial charge < -0.3 is 13.9 Å². The second-order valence-corrected chi connectivity index (χ2v) is 11.6. The largest absolute Gasteiger partial charge is 0.358 e. The highest BCUT2D eigenvalue weighted by atomic mass is 79.9. The number of nitrogens with zero attached hydrogens (tertiary/aromatic N) is 1. The summed E-state index contributed by atoms with van der Waals surface area (Å²) in [4.78, 5) is 2.17. The van der Waals surface area contributed by atoms with Gasteiger partial charge in [0.25, 0.3) is 0 Å². The van der Waals surface area contributed by atoms with E-state index in [0.29, 0.717) is 0 Å². The number of anilines is 1. The van der Waals surface area contributed by atoms with Crippen LogP contribution in [0.5, 0.6) is 0 Å². The molecule has 178 valence electrons. The highest BCUT2D eigenvalue weighted by Gasteiger charge is 2.44. The highest BCUT2D eigenvalue weighted by molar-refractivity contribution is 9.10. The zero-order valence-electron chi connectivity index (χ0n) is 19.3. The molecule has 0 aromatic heterocycles. The van der Waals surface area contributed by atoms with Gasteiger partial charge in [-0.05, 0) is 52.9 Å². The van der Waals surface area contributed by atoms with Crippen LogP contribution >= 0.6 is 23.5 Å². The van der Waals surface area contributed by atoms with E-state index in [-0.39, 0.29) is 13.2 Å².